The first-order valence-electron chi connectivity index (χ1n) is 9.68. The first-order chi connectivity index (χ1) is 14.1. The summed E-state index contributed by atoms with van der Waals surface area (Å²) in [4.78, 5) is 30.5. The maximum Gasteiger partial charge on any atom is 0.274 e. The second-order valence-corrected chi connectivity index (χ2v) is 7.13. The Balaban J connectivity index is 1.81. The fourth-order valence-corrected chi connectivity index (χ4v) is 3.70. The number of benzene rings is 1. The number of carbonyl (C=O) groups excluding carboxylic acids is 1. The number of nitrogens with two attached hydrogens (primary N) is 1. The highest BCUT2D eigenvalue weighted by Gasteiger charge is 2.20. The van der Waals surface area contributed by atoms with Crippen molar-refractivity contribution < 1.29 is 9.53 Å². The van der Waals surface area contributed by atoms with Crippen LogP contribution in [-0.4, -0.2) is 46.7 Å². The molecule has 0 bridgehead atoms. The number of pyridine rings is 1. The third-order valence-electron chi connectivity index (χ3n) is 5.18. The number of anilines is 1. The van der Waals surface area contributed by atoms with E-state index in [4.69, 9.17) is 10.5 Å². The van der Waals surface area contributed by atoms with E-state index in [1.807, 2.05) is 24.4 Å². The summed E-state index contributed by atoms with van der Waals surface area (Å²) in [5.74, 6) is -0.0628. The zero-order chi connectivity index (χ0) is 20.4. The van der Waals surface area contributed by atoms with Crippen LogP contribution in [0.15, 0.2) is 54.1 Å². The van der Waals surface area contributed by atoms with E-state index in [-0.39, 0.29) is 11.5 Å². The van der Waals surface area contributed by atoms with Gasteiger partial charge < -0.3 is 24.9 Å². The Bertz CT molecular complexity index is 1120. The molecule has 7 nitrogen and oxygen atoms in total. The molecule has 1 fully saturated rings. The van der Waals surface area contributed by atoms with Gasteiger partial charge in [-0.15, -0.1) is 6.58 Å². The number of hydrogen-bond acceptors (Lipinski definition) is 4. The number of nitrogens with one attached hydrogen (secondary N) is 1. The minimum Gasteiger partial charge on any atom is -0.399 e. The van der Waals surface area contributed by atoms with Gasteiger partial charge in [0.2, 0.25) is 0 Å². The lowest BCUT2D eigenvalue weighted by Crippen LogP contribution is -2.40. The normalized spacial score (nSPS) is 14.3. The first-order valence-corrected chi connectivity index (χ1v) is 9.68. The summed E-state index contributed by atoms with van der Waals surface area (Å²) in [7, 11) is 0. The fourth-order valence-electron chi connectivity index (χ4n) is 3.70. The monoisotopic (exact) mass is 392 g/mol. The van der Waals surface area contributed by atoms with Gasteiger partial charge in [0.25, 0.3) is 11.5 Å². The quantitative estimate of drug-likeness (QED) is 0.516. The second kappa shape index (κ2) is 7.97. The van der Waals surface area contributed by atoms with E-state index < -0.39 is 0 Å². The number of H-pyrrole nitrogens is 1. The van der Waals surface area contributed by atoms with Crippen molar-refractivity contribution in [1.82, 2.24) is 14.5 Å². The van der Waals surface area contributed by atoms with E-state index in [1.54, 1.807) is 27.8 Å². The topological polar surface area (TPSA) is 93.3 Å². The van der Waals surface area contributed by atoms with Crippen molar-refractivity contribution in [3.05, 3.63) is 65.2 Å². The number of rotatable bonds is 5. The van der Waals surface area contributed by atoms with Crippen molar-refractivity contribution in [2.75, 3.05) is 32.0 Å². The van der Waals surface area contributed by atoms with E-state index >= 15 is 0 Å². The summed E-state index contributed by atoms with van der Waals surface area (Å²) in [5.41, 5.74) is 9.31. The van der Waals surface area contributed by atoms with E-state index in [0.717, 1.165) is 16.5 Å². The summed E-state index contributed by atoms with van der Waals surface area (Å²) in [5, 5.41) is 0.806. The zero-order valence-corrected chi connectivity index (χ0v) is 16.2. The van der Waals surface area contributed by atoms with Gasteiger partial charge in [-0.2, -0.15) is 0 Å². The lowest BCUT2D eigenvalue weighted by molar-refractivity contribution is 0.0303. The van der Waals surface area contributed by atoms with E-state index in [2.05, 4.69) is 11.6 Å². The SMILES string of the molecule is C=CCCn1cc(-c2cc(N)cc(C(=O)N3CCOCC3)c2)c2cc[nH]c2c1=O. The second-order valence-electron chi connectivity index (χ2n) is 7.13. The van der Waals surface area contributed by atoms with Crippen molar-refractivity contribution >= 4 is 22.5 Å². The molecule has 2 aromatic heterocycles. The molecule has 1 saturated heterocycles. The first kappa shape index (κ1) is 19.0. The Morgan fingerprint density at radius 3 is 2.83 bits per heavy atom. The Labute approximate surface area is 168 Å². The number of aromatic amines is 1. The summed E-state index contributed by atoms with van der Waals surface area (Å²) in [6.07, 6.45) is 6.05. The molecule has 0 radical (unpaired) electrons. The minimum absolute atomic E-state index is 0.0628. The molecule has 3 aromatic rings. The maximum atomic E-state index is 13.0. The molecule has 0 spiro atoms. The van der Waals surface area contributed by atoms with Gasteiger partial charge in [0, 0.05) is 54.2 Å². The molecular weight excluding hydrogens is 368 g/mol. The van der Waals surface area contributed by atoms with Gasteiger partial charge in [0.15, 0.2) is 0 Å². The number of nitrogens with zero attached hydrogens (tertiary/aromatic N) is 2. The molecule has 3 N–H and O–H groups in total. The molecule has 150 valence electrons. The van der Waals surface area contributed by atoms with Crippen LogP contribution in [-0.2, 0) is 11.3 Å². The molecular formula is C22H24N4O3. The van der Waals surface area contributed by atoms with Crippen LogP contribution in [0.1, 0.15) is 16.8 Å². The van der Waals surface area contributed by atoms with Gasteiger partial charge in [0.1, 0.15) is 5.52 Å². The molecule has 29 heavy (non-hydrogen) atoms. The smallest absolute Gasteiger partial charge is 0.274 e. The molecule has 1 aliphatic rings. The van der Waals surface area contributed by atoms with Crippen LogP contribution in [0.25, 0.3) is 22.0 Å². The van der Waals surface area contributed by atoms with Gasteiger partial charge >= 0.3 is 0 Å². The highest BCUT2D eigenvalue weighted by molar-refractivity contribution is 5.99. The van der Waals surface area contributed by atoms with Gasteiger partial charge in [-0.1, -0.05) is 6.08 Å². The average molecular weight is 392 g/mol. The Hall–Kier alpha value is -3.32. The minimum atomic E-state index is -0.0795. The maximum absolute atomic E-state index is 13.0. The molecule has 1 aliphatic heterocycles. The molecule has 4 rings (SSSR count). The van der Waals surface area contributed by atoms with Crippen molar-refractivity contribution in [2.24, 2.45) is 0 Å². The largest absolute Gasteiger partial charge is 0.399 e. The molecule has 7 heteroatoms. The van der Waals surface area contributed by atoms with Gasteiger partial charge in [0.05, 0.1) is 13.2 Å². The summed E-state index contributed by atoms with van der Waals surface area (Å²) < 4.78 is 7.01. The fraction of sp³-hybridized carbons (Fsp3) is 0.273. The third kappa shape index (κ3) is 3.69. The van der Waals surface area contributed by atoms with Crippen molar-refractivity contribution in [1.29, 1.82) is 0 Å². The number of aromatic nitrogens is 2. The van der Waals surface area contributed by atoms with E-state index in [0.29, 0.717) is 56.0 Å². The predicted molar refractivity (Wildman–Crippen MR) is 114 cm³/mol. The number of fused-ring (bicyclic) bond motifs is 1. The predicted octanol–water partition coefficient (Wildman–Crippen LogP) is 2.63. The van der Waals surface area contributed by atoms with E-state index in [1.165, 1.54) is 0 Å². The molecule has 0 saturated carbocycles. The van der Waals surface area contributed by atoms with Crippen LogP contribution in [0, 0.1) is 0 Å². The number of aryl methyl sites for hydroxylation is 1. The summed E-state index contributed by atoms with van der Waals surface area (Å²) in [6, 6.07) is 7.25. The van der Waals surface area contributed by atoms with Crippen LogP contribution in [0.4, 0.5) is 5.69 Å². The number of nitrogen functional groups attached to an aromatic ring is 1. The molecule has 0 atom stereocenters. The Morgan fingerprint density at radius 2 is 2.07 bits per heavy atom. The van der Waals surface area contributed by atoms with Gasteiger partial charge in [-0.25, -0.2) is 0 Å². The number of morpholine rings is 1. The summed E-state index contributed by atoms with van der Waals surface area (Å²) in [6.45, 7) is 6.48. The molecule has 0 unspecified atom stereocenters. The van der Waals surface area contributed by atoms with Crippen LogP contribution in [0.3, 0.4) is 0 Å². The summed E-state index contributed by atoms with van der Waals surface area (Å²) >= 11 is 0. The number of allylic oxidation sites excluding steroid dienone is 1. The van der Waals surface area contributed by atoms with Crippen LogP contribution in [0.5, 0.6) is 0 Å². The molecule has 3 heterocycles. The lowest BCUT2D eigenvalue weighted by Gasteiger charge is -2.27. The average Bonchev–Trinajstić information content (AvgIpc) is 3.23. The Morgan fingerprint density at radius 1 is 1.28 bits per heavy atom. The van der Waals surface area contributed by atoms with Crippen molar-refractivity contribution in [3.8, 4) is 11.1 Å². The van der Waals surface area contributed by atoms with Crippen molar-refractivity contribution in [2.45, 2.75) is 13.0 Å². The standard InChI is InChI=1S/C22H24N4O3/c1-2-3-6-26-14-19(18-4-5-24-20(18)22(26)28)15-11-16(13-17(23)12-15)21(27)25-7-9-29-10-8-25/h2,4-5,11-14,24H,1,3,6-10,23H2. The van der Waals surface area contributed by atoms with Gasteiger partial charge in [-0.05, 0) is 36.2 Å². The number of ether oxygens (including phenoxy) is 1. The number of amides is 1. The molecule has 1 aromatic carbocycles. The number of hydrogen-bond donors (Lipinski definition) is 2. The number of carbonyl (C=O) groups is 1. The highest BCUT2D eigenvalue weighted by Crippen LogP contribution is 2.29. The highest BCUT2D eigenvalue weighted by atomic mass is 16.5. The zero-order valence-electron chi connectivity index (χ0n) is 16.2. The molecule has 0 aliphatic carbocycles. The lowest BCUT2D eigenvalue weighted by atomic mass is 10.00. The van der Waals surface area contributed by atoms with Crippen LogP contribution < -0.4 is 11.3 Å². The van der Waals surface area contributed by atoms with Crippen LogP contribution >= 0.6 is 0 Å². The molecule has 1 amide bonds. The van der Waals surface area contributed by atoms with Crippen molar-refractivity contribution in [3.63, 3.8) is 0 Å². The van der Waals surface area contributed by atoms with Crippen LogP contribution in [0.2, 0.25) is 0 Å². The third-order valence-corrected chi connectivity index (χ3v) is 5.18. The Kier molecular flexibility index (Phi) is 5.22. The van der Waals surface area contributed by atoms with Gasteiger partial charge in [-0.3, -0.25) is 9.59 Å². The van der Waals surface area contributed by atoms with E-state index in [9.17, 15) is 9.59 Å².